The number of carbonyl (C=O) groups excluding carboxylic acids is 3. The van der Waals surface area contributed by atoms with Crippen LogP contribution in [-0.4, -0.2) is 30.3 Å². The van der Waals surface area contributed by atoms with Crippen LogP contribution in [0.2, 0.25) is 0 Å². The lowest BCUT2D eigenvalue weighted by molar-refractivity contribution is -0.182. The van der Waals surface area contributed by atoms with E-state index in [-0.39, 0.29) is 17.9 Å². The Morgan fingerprint density at radius 3 is 2.32 bits per heavy atom. The Hall–Kier alpha value is -1.70. The van der Waals surface area contributed by atoms with Crippen molar-refractivity contribution in [3.05, 3.63) is 22.4 Å². The van der Waals surface area contributed by atoms with Gasteiger partial charge in [0.05, 0.1) is 12.5 Å². The molecule has 22 heavy (non-hydrogen) atoms. The molecule has 1 aromatic rings. The zero-order valence-electron chi connectivity index (χ0n) is 12.0. The fourth-order valence-corrected chi connectivity index (χ4v) is 2.89. The van der Waals surface area contributed by atoms with Crippen LogP contribution < -0.4 is 0 Å². The van der Waals surface area contributed by atoms with Crippen LogP contribution in [0.5, 0.6) is 0 Å². The van der Waals surface area contributed by atoms with Crippen LogP contribution in [-0.2, 0) is 19.1 Å². The summed E-state index contributed by atoms with van der Waals surface area (Å²) in [6, 6.07) is 2.97. The third-order valence-electron chi connectivity index (χ3n) is 2.98. The maximum absolute atomic E-state index is 12.8. The highest BCUT2D eigenvalue weighted by atomic mass is 32.1. The van der Waals surface area contributed by atoms with Gasteiger partial charge in [-0.1, -0.05) is 13.0 Å². The van der Waals surface area contributed by atoms with Crippen molar-refractivity contribution in [2.24, 2.45) is 5.92 Å². The van der Waals surface area contributed by atoms with Crippen molar-refractivity contribution in [1.82, 2.24) is 0 Å². The van der Waals surface area contributed by atoms with Crippen molar-refractivity contribution in [3.8, 4) is 0 Å². The molecule has 0 bridgehead atoms. The Bertz CT molecular complexity index is 537. The molecule has 4 nitrogen and oxygen atoms in total. The van der Waals surface area contributed by atoms with Crippen LogP contribution in [0.25, 0.3) is 0 Å². The van der Waals surface area contributed by atoms with Crippen LogP contribution in [0.3, 0.4) is 0 Å². The molecule has 0 aromatic carbocycles. The molecule has 1 rings (SSSR count). The highest BCUT2D eigenvalue weighted by Crippen LogP contribution is 2.36. The molecule has 0 aliphatic rings. The molecule has 2 atom stereocenters. The molecule has 0 amide bonds. The third kappa shape index (κ3) is 4.16. The number of carbonyl (C=O) groups is 3. The van der Waals surface area contributed by atoms with Gasteiger partial charge in [0.25, 0.3) is 5.78 Å². The van der Waals surface area contributed by atoms with Gasteiger partial charge in [0.2, 0.25) is 0 Å². The van der Waals surface area contributed by atoms with Crippen molar-refractivity contribution in [2.45, 2.75) is 32.4 Å². The molecule has 2 unspecified atom stereocenters. The first-order chi connectivity index (χ1) is 10.2. The van der Waals surface area contributed by atoms with Gasteiger partial charge in [0.1, 0.15) is 11.7 Å². The highest BCUT2D eigenvalue weighted by Gasteiger charge is 2.52. The number of hydrogen-bond donors (Lipinski definition) is 0. The van der Waals surface area contributed by atoms with Gasteiger partial charge < -0.3 is 4.74 Å². The quantitative estimate of drug-likeness (QED) is 0.567. The minimum absolute atomic E-state index is 0.0936. The minimum Gasteiger partial charge on any atom is -0.465 e. The van der Waals surface area contributed by atoms with Crippen LogP contribution in [0.1, 0.15) is 31.1 Å². The molecule has 0 N–H and O–H groups in total. The van der Waals surface area contributed by atoms with Crippen molar-refractivity contribution < 1.29 is 32.3 Å². The van der Waals surface area contributed by atoms with Gasteiger partial charge in [-0.2, -0.15) is 13.2 Å². The smallest absolute Gasteiger partial charge is 0.450 e. The predicted octanol–water partition coefficient (Wildman–Crippen LogP) is 3.12. The number of thiophene rings is 1. The summed E-state index contributed by atoms with van der Waals surface area (Å²) in [7, 11) is 0. The van der Waals surface area contributed by atoms with Gasteiger partial charge in [0, 0.05) is 11.3 Å². The number of halogens is 3. The molecule has 0 saturated heterocycles. The molecule has 122 valence electrons. The van der Waals surface area contributed by atoms with E-state index in [2.05, 4.69) is 4.74 Å². The van der Waals surface area contributed by atoms with E-state index in [4.69, 9.17) is 0 Å². The first-order valence-electron chi connectivity index (χ1n) is 6.57. The largest absolute Gasteiger partial charge is 0.465 e. The molecule has 0 saturated carbocycles. The lowest BCUT2D eigenvalue weighted by atomic mass is 9.83. The van der Waals surface area contributed by atoms with Crippen LogP contribution in [0.4, 0.5) is 13.2 Å². The molecule has 0 spiro atoms. The Kier molecular flexibility index (Phi) is 6.28. The number of ether oxygens (including phenoxy) is 1. The predicted molar refractivity (Wildman–Crippen MR) is 73.5 cm³/mol. The maximum atomic E-state index is 12.8. The number of ketones is 2. The molecule has 8 heteroatoms. The van der Waals surface area contributed by atoms with Crippen LogP contribution >= 0.6 is 11.3 Å². The summed E-state index contributed by atoms with van der Waals surface area (Å²) in [6.45, 7) is 2.69. The number of hydrogen-bond acceptors (Lipinski definition) is 5. The van der Waals surface area contributed by atoms with E-state index in [9.17, 15) is 27.6 Å². The zero-order chi connectivity index (χ0) is 16.9. The number of alkyl halides is 3. The van der Waals surface area contributed by atoms with E-state index in [1.54, 1.807) is 5.38 Å². The van der Waals surface area contributed by atoms with E-state index in [0.29, 0.717) is 0 Å². The van der Waals surface area contributed by atoms with Crippen molar-refractivity contribution in [1.29, 1.82) is 0 Å². The second kappa shape index (κ2) is 7.53. The van der Waals surface area contributed by atoms with Gasteiger partial charge in [-0.05, 0) is 18.4 Å². The van der Waals surface area contributed by atoms with Crippen LogP contribution in [0, 0.1) is 5.92 Å². The second-order valence-corrected chi connectivity index (χ2v) is 5.38. The molecule has 0 fully saturated rings. The Labute approximate surface area is 129 Å². The average Bonchev–Trinajstić information content (AvgIpc) is 2.95. The number of rotatable bonds is 7. The lowest BCUT2D eigenvalue weighted by Crippen LogP contribution is -2.42. The molecule has 1 aromatic heterocycles. The standard InChI is InChI=1S/C14H15F3O4S/c1-3-8(18)10(9-6-5-7-22-9)11(13(20)21-4-2)12(19)14(15,16)17/h5-7,10-11H,3-4H2,1-2H3. The van der Waals surface area contributed by atoms with Gasteiger partial charge in [-0.15, -0.1) is 11.3 Å². The van der Waals surface area contributed by atoms with Crippen LogP contribution in [0.15, 0.2) is 17.5 Å². The normalized spacial score (nSPS) is 14.2. The summed E-state index contributed by atoms with van der Waals surface area (Å²) in [5, 5.41) is 1.56. The van der Waals surface area contributed by atoms with Gasteiger partial charge >= 0.3 is 12.1 Å². The summed E-state index contributed by atoms with van der Waals surface area (Å²) < 4.78 is 43.0. The summed E-state index contributed by atoms with van der Waals surface area (Å²) in [5.74, 6) is -7.88. The Morgan fingerprint density at radius 1 is 1.27 bits per heavy atom. The number of esters is 1. The molecular formula is C14H15F3O4S. The monoisotopic (exact) mass is 336 g/mol. The first kappa shape index (κ1) is 18.3. The van der Waals surface area contributed by atoms with E-state index in [1.165, 1.54) is 26.0 Å². The SMILES string of the molecule is CCOC(=O)C(C(=O)C(F)(F)F)C(C(=O)CC)c1cccs1. The third-order valence-corrected chi connectivity index (χ3v) is 3.94. The zero-order valence-corrected chi connectivity index (χ0v) is 12.8. The summed E-state index contributed by atoms with van der Waals surface area (Å²) in [6.07, 6.45) is -5.31. The lowest BCUT2D eigenvalue weighted by Gasteiger charge is -2.23. The second-order valence-electron chi connectivity index (χ2n) is 4.40. The van der Waals surface area contributed by atoms with Gasteiger partial charge in [0.15, 0.2) is 0 Å². The maximum Gasteiger partial charge on any atom is 0.450 e. The fraction of sp³-hybridized carbons (Fsp3) is 0.500. The first-order valence-corrected chi connectivity index (χ1v) is 7.45. The topological polar surface area (TPSA) is 60.4 Å². The Morgan fingerprint density at radius 2 is 1.91 bits per heavy atom. The van der Waals surface area contributed by atoms with E-state index in [1.807, 2.05) is 0 Å². The molecule has 0 aliphatic carbocycles. The minimum atomic E-state index is -5.22. The van der Waals surface area contributed by atoms with Crippen molar-refractivity contribution in [2.75, 3.05) is 6.61 Å². The molecule has 1 heterocycles. The number of Topliss-reactive ketones (excluding diaryl/α,β-unsaturated/α-hetero) is 2. The highest BCUT2D eigenvalue weighted by molar-refractivity contribution is 7.10. The van der Waals surface area contributed by atoms with E-state index in [0.717, 1.165) is 11.3 Å². The molecular weight excluding hydrogens is 321 g/mol. The summed E-state index contributed by atoms with van der Waals surface area (Å²) in [4.78, 5) is 35.9. The summed E-state index contributed by atoms with van der Waals surface area (Å²) in [5.41, 5.74) is 0. The van der Waals surface area contributed by atoms with Crippen molar-refractivity contribution in [3.63, 3.8) is 0 Å². The average molecular weight is 336 g/mol. The fourth-order valence-electron chi connectivity index (χ4n) is 2.00. The Balaban J connectivity index is 3.34. The summed E-state index contributed by atoms with van der Waals surface area (Å²) >= 11 is 1.02. The van der Waals surface area contributed by atoms with E-state index < -0.39 is 35.5 Å². The molecule has 0 radical (unpaired) electrons. The van der Waals surface area contributed by atoms with Gasteiger partial charge in [-0.25, -0.2) is 0 Å². The molecule has 0 aliphatic heterocycles. The van der Waals surface area contributed by atoms with Crippen molar-refractivity contribution >= 4 is 28.9 Å². The van der Waals surface area contributed by atoms with E-state index >= 15 is 0 Å². The van der Waals surface area contributed by atoms with Gasteiger partial charge in [-0.3, -0.25) is 14.4 Å².